The summed E-state index contributed by atoms with van der Waals surface area (Å²) in [7, 11) is 1.30. The van der Waals surface area contributed by atoms with Gasteiger partial charge in [0.15, 0.2) is 0 Å². The Labute approximate surface area is 172 Å². The molecule has 1 aromatic rings. The Morgan fingerprint density at radius 2 is 1.75 bits per heavy atom. The fourth-order valence-electron chi connectivity index (χ4n) is 2.88. The number of benzene rings is 1. The van der Waals surface area contributed by atoms with Gasteiger partial charge in [-0.25, -0.2) is 4.79 Å². The number of carbonyl (C=O) groups excluding carboxylic acids is 3. The van der Waals surface area contributed by atoms with E-state index in [0.717, 1.165) is 5.56 Å². The summed E-state index contributed by atoms with van der Waals surface area (Å²) in [4.78, 5) is 36.7. The summed E-state index contributed by atoms with van der Waals surface area (Å²) in [6, 6.07) is 4.63. The van der Waals surface area contributed by atoms with Crippen molar-refractivity contribution in [2.45, 2.75) is 59.9 Å². The maximum Gasteiger partial charge on any atom is 0.328 e. The van der Waals surface area contributed by atoms with E-state index in [2.05, 4.69) is 10.6 Å². The summed E-state index contributed by atoms with van der Waals surface area (Å²) >= 11 is 6.08. The maximum absolute atomic E-state index is 12.4. The molecule has 2 amide bonds. The van der Waals surface area contributed by atoms with Crippen LogP contribution < -0.4 is 10.6 Å². The fourth-order valence-corrected chi connectivity index (χ4v) is 3.06. The minimum Gasteiger partial charge on any atom is -0.467 e. The highest BCUT2D eigenvalue weighted by Crippen LogP contribution is 2.27. The lowest BCUT2D eigenvalue weighted by atomic mass is 9.84. The number of esters is 1. The third-order valence-corrected chi connectivity index (χ3v) is 4.67. The van der Waals surface area contributed by atoms with Crippen molar-refractivity contribution in [1.82, 2.24) is 5.32 Å². The molecule has 1 rings (SSSR count). The Bertz CT molecular complexity index is 716. The molecule has 0 heterocycles. The first-order valence-electron chi connectivity index (χ1n) is 9.36. The average Bonchev–Trinajstić information content (AvgIpc) is 2.55. The molecule has 0 radical (unpaired) electrons. The SMILES string of the molecule is COC(=O)C(CC(C)C)NC(=O)CC(C)(C)CC(=O)Nc1ccc(C)c(Cl)c1. The van der Waals surface area contributed by atoms with Gasteiger partial charge in [-0.05, 0) is 42.4 Å². The summed E-state index contributed by atoms with van der Waals surface area (Å²) in [5.74, 6) is -0.727. The quantitative estimate of drug-likeness (QED) is 0.600. The topological polar surface area (TPSA) is 84.5 Å². The number of ether oxygens (including phenoxy) is 1. The van der Waals surface area contributed by atoms with E-state index in [1.54, 1.807) is 12.1 Å². The lowest BCUT2D eigenvalue weighted by Crippen LogP contribution is -2.43. The standard InChI is InChI=1S/C21H31ClN2O4/c1-13(2)9-17(20(27)28-6)24-19(26)12-21(4,5)11-18(25)23-15-8-7-14(3)16(22)10-15/h7-8,10,13,17H,9,11-12H2,1-6H3,(H,23,25)(H,24,26). The summed E-state index contributed by atoms with van der Waals surface area (Å²) in [6.45, 7) is 9.49. The highest BCUT2D eigenvalue weighted by Gasteiger charge is 2.29. The van der Waals surface area contributed by atoms with Crippen molar-refractivity contribution < 1.29 is 19.1 Å². The summed E-state index contributed by atoms with van der Waals surface area (Å²) in [5.41, 5.74) is 0.961. The first kappa shape index (κ1) is 24.0. The number of amides is 2. The van der Waals surface area contributed by atoms with Gasteiger partial charge in [-0.2, -0.15) is 0 Å². The van der Waals surface area contributed by atoms with Crippen molar-refractivity contribution in [3.63, 3.8) is 0 Å². The molecular weight excluding hydrogens is 380 g/mol. The predicted molar refractivity (Wildman–Crippen MR) is 111 cm³/mol. The minimum absolute atomic E-state index is 0.112. The molecule has 0 aliphatic rings. The first-order valence-corrected chi connectivity index (χ1v) is 9.74. The molecule has 156 valence electrons. The first-order chi connectivity index (χ1) is 12.9. The number of hydrogen-bond donors (Lipinski definition) is 2. The van der Waals surface area contributed by atoms with Gasteiger partial charge in [-0.1, -0.05) is 45.4 Å². The van der Waals surface area contributed by atoms with E-state index in [1.165, 1.54) is 7.11 Å². The molecule has 0 saturated heterocycles. The molecule has 0 aliphatic heterocycles. The number of hydrogen-bond acceptors (Lipinski definition) is 4. The van der Waals surface area contributed by atoms with Crippen LogP contribution in [-0.2, 0) is 19.1 Å². The van der Waals surface area contributed by atoms with Gasteiger partial charge in [0.05, 0.1) is 7.11 Å². The zero-order chi connectivity index (χ0) is 21.5. The highest BCUT2D eigenvalue weighted by atomic mass is 35.5. The van der Waals surface area contributed by atoms with E-state index < -0.39 is 17.4 Å². The number of aryl methyl sites for hydroxylation is 1. The Kier molecular flexibility index (Phi) is 8.95. The molecule has 0 aromatic heterocycles. The summed E-state index contributed by atoms with van der Waals surface area (Å²) < 4.78 is 4.76. The van der Waals surface area contributed by atoms with Gasteiger partial charge >= 0.3 is 5.97 Å². The Hall–Kier alpha value is -2.08. The lowest BCUT2D eigenvalue weighted by Gasteiger charge is -2.25. The van der Waals surface area contributed by atoms with Crippen molar-refractivity contribution in [2.75, 3.05) is 12.4 Å². The zero-order valence-corrected chi connectivity index (χ0v) is 18.3. The van der Waals surface area contributed by atoms with Crippen molar-refractivity contribution >= 4 is 35.1 Å². The van der Waals surface area contributed by atoms with Crippen molar-refractivity contribution in [2.24, 2.45) is 11.3 Å². The van der Waals surface area contributed by atoms with Crippen LogP contribution in [0.3, 0.4) is 0 Å². The van der Waals surface area contributed by atoms with E-state index in [9.17, 15) is 14.4 Å². The van der Waals surface area contributed by atoms with Crippen LogP contribution in [-0.4, -0.2) is 30.9 Å². The number of halogens is 1. The second-order valence-corrected chi connectivity index (χ2v) is 8.71. The summed E-state index contributed by atoms with van der Waals surface area (Å²) in [5, 5.41) is 6.11. The Morgan fingerprint density at radius 3 is 2.29 bits per heavy atom. The molecule has 0 spiro atoms. The van der Waals surface area contributed by atoms with Crippen LogP contribution in [0.2, 0.25) is 5.02 Å². The van der Waals surface area contributed by atoms with Crippen LogP contribution in [0.4, 0.5) is 5.69 Å². The van der Waals surface area contributed by atoms with Crippen LogP contribution in [0.5, 0.6) is 0 Å². The molecule has 0 fully saturated rings. The van der Waals surface area contributed by atoms with Crippen LogP contribution in [0, 0.1) is 18.3 Å². The Balaban J connectivity index is 2.65. The van der Waals surface area contributed by atoms with E-state index in [-0.39, 0.29) is 30.6 Å². The van der Waals surface area contributed by atoms with Crippen molar-refractivity contribution in [3.05, 3.63) is 28.8 Å². The number of anilines is 1. The third kappa shape index (κ3) is 8.30. The lowest BCUT2D eigenvalue weighted by molar-refractivity contribution is -0.145. The third-order valence-electron chi connectivity index (χ3n) is 4.26. The van der Waals surface area contributed by atoms with E-state index in [1.807, 2.05) is 40.7 Å². The van der Waals surface area contributed by atoms with Crippen molar-refractivity contribution in [3.8, 4) is 0 Å². The average molecular weight is 411 g/mol. The molecular formula is C21H31ClN2O4. The van der Waals surface area contributed by atoms with Gasteiger partial charge in [0, 0.05) is 23.6 Å². The fraction of sp³-hybridized carbons (Fsp3) is 0.571. The van der Waals surface area contributed by atoms with Gasteiger partial charge in [0.2, 0.25) is 11.8 Å². The minimum atomic E-state index is -0.683. The molecule has 1 atom stereocenters. The maximum atomic E-state index is 12.4. The largest absolute Gasteiger partial charge is 0.467 e. The zero-order valence-electron chi connectivity index (χ0n) is 17.5. The van der Waals surface area contributed by atoms with Gasteiger partial charge in [0.1, 0.15) is 6.04 Å². The normalized spacial score (nSPS) is 12.4. The second kappa shape index (κ2) is 10.5. The number of methoxy groups -OCH3 is 1. The van der Waals surface area contributed by atoms with Crippen LogP contribution in [0.25, 0.3) is 0 Å². The smallest absolute Gasteiger partial charge is 0.328 e. The van der Waals surface area contributed by atoms with Gasteiger partial charge in [-0.3, -0.25) is 9.59 Å². The second-order valence-electron chi connectivity index (χ2n) is 8.30. The van der Waals surface area contributed by atoms with Crippen LogP contribution >= 0.6 is 11.6 Å². The van der Waals surface area contributed by atoms with Crippen molar-refractivity contribution in [1.29, 1.82) is 0 Å². The predicted octanol–water partition coefficient (Wildman–Crippen LogP) is 4.10. The molecule has 0 bridgehead atoms. The molecule has 1 aromatic carbocycles. The molecule has 0 saturated carbocycles. The molecule has 6 nitrogen and oxygen atoms in total. The van der Waals surface area contributed by atoms with E-state index in [4.69, 9.17) is 16.3 Å². The van der Waals surface area contributed by atoms with Crippen LogP contribution in [0.15, 0.2) is 18.2 Å². The van der Waals surface area contributed by atoms with E-state index >= 15 is 0 Å². The number of rotatable bonds is 9. The Morgan fingerprint density at radius 1 is 1.14 bits per heavy atom. The molecule has 1 unspecified atom stereocenters. The molecule has 0 aliphatic carbocycles. The number of carbonyl (C=O) groups is 3. The van der Waals surface area contributed by atoms with E-state index in [0.29, 0.717) is 17.1 Å². The molecule has 7 heteroatoms. The van der Waals surface area contributed by atoms with Gasteiger partial charge in [0.25, 0.3) is 0 Å². The monoisotopic (exact) mass is 410 g/mol. The van der Waals surface area contributed by atoms with Gasteiger partial charge < -0.3 is 15.4 Å². The molecule has 28 heavy (non-hydrogen) atoms. The molecule has 2 N–H and O–H groups in total. The van der Waals surface area contributed by atoms with Gasteiger partial charge in [-0.15, -0.1) is 0 Å². The number of nitrogens with one attached hydrogen (secondary N) is 2. The highest BCUT2D eigenvalue weighted by molar-refractivity contribution is 6.31. The summed E-state index contributed by atoms with van der Waals surface area (Å²) in [6.07, 6.45) is 0.757. The van der Waals surface area contributed by atoms with Crippen LogP contribution in [0.1, 0.15) is 52.5 Å².